The largest absolute Gasteiger partial charge is 0.379 e. The summed E-state index contributed by atoms with van der Waals surface area (Å²) in [6, 6.07) is 11.9. The molecule has 4 aliphatic rings. The van der Waals surface area contributed by atoms with E-state index in [0.717, 1.165) is 38.5 Å². The predicted octanol–water partition coefficient (Wildman–Crippen LogP) is 7.77. The third-order valence-corrected chi connectivity index (χ3v) is 11.5. The van der Waals surface area contributed by atoms with E-state index in [4.69, 9.17) is 0 Å². The van der Waals surface area contributed by atoms with Crippen LogP contribution in [0, 0.1) is 39.2 Å². The second-order valence-electron chi connectivity index (χ2n) is 14.5. The Morgan fingerprint density at radius 2 is 1.79 bits per heavy atom. The molecular formula is C35H45N3O4. The minimum Gasteiger partial charge on any atom is -0.379 e. The first-order valence-corrected chi connectivity index (χ1v) is 16.0. The lowest BCUT2D eigenvalue weighted by Crippen LogP contribution is -2.51. The van der Waals surface area contributed by atoms with Gasteiger partial charge in [0.15, 0.2) is 0 Å². The molecule has 1 aliphatic heterocycles. The summed E-state index contributed by atoms with van der Waals surface area (Å²) in [5.74, 6) is 0.352. The fraction of sp³-hybridized carbons (Fsp3) is 0.600. The number of fused-ring (bicyclic) bond motifs is 4. The van der Waals surface area contributed by atoms with E-state index in [0.29, 0.717) is 48.5 Å². The number of anilines is 2. The smallest absolute Gasteiger partial charge is 0.294 e. The summed E-state index contributed by atoms with van der Waals surface area (Å²) in [5.41, 5.74) is 5.10. The number of benzene rings is 2. The van der Waals surface area contributed by atoms with Crippen LogP contribution in [-0.2, 0) is 21.4 Å². The van der Waals surface area contributed by atoms with Gasteiger partial charge in [0, 0.05) is 12.6 Å². The Balaban J connectivity index is 1.24. The van der Waals surface area contributed by atoms with Crippen molar-refractivity contribution in [1.82, 2.24) is 0 Å². The molecule has 0 spiro atoms. The molecule has 1 heterocycles. The van der Waals surface area contributed by atoms with E-state index < -0.39 is 4.92 Å². The summed E-state index contributed by atoms with van der Waals surface area (Å²) in [4.78, 5) is 39.5. The van der Waals surface area contributed by atoms with Crippen molar-refractivity contribution in [3.05, 3.63) is 63.2 Å². The molecule has 6 unspecified atom stereocenters. The second-order valence-corrected chi connectivity index (χ2v) is 14.5. The Morgan fingerprint density at radius 3 is 2.52 bits per heavy atom. The Morgan fingerprint density at radius 1 is 1.02 bits per heavy atom. The molecule has 6 atom stereocenters. The molecule has 7 nitrogen and oxygen atoms in total. The lowest BCUT2D eigenvalue weighted by Gasteiger charge is -2.55. The van der Waals surface area contributed by atoms with Gasteiger partial charge in [0.25, 0.3) is 5.69 Å². The summed E-state index contributed by atoms with van der Waals surface area (Å²) in [6.45, 7) is 12.0. The third-order valence-electron chi connectivity index (χ3n) is 11.5. The van der Waals surface area contributed by atoms with Crippen LogP contribution in [0.25, 0.3) is 0 Å². The van der Waals surface area contributed by atoms with Crippen molar-refractivity contribution < 1.29 is 14.5 Å². The number of hydrogen-bond donors (Lipinski definition) is 1. The molecule has 0 bridgehead atoms. The van der Waals surface area contributed by atoms with Gasteiger partial charge in [0.2, 0.25) is 11.8 Å². The van der Waals surface area contributed by atoms with Crippen LogP contribution < -0.4 is 10.2 Å². The maximum Gasteiger partial charge on any atom is 0.294 e. The number of aryl methyl sites for hydroxylation is 1. The van der Waals surface area contributed by atoms with Gasteiger partial charge in [0.05, 0.1) is 22.4 Å². The van der Waals surface area contributed by atoms with Crippen molar-refractivity contribution in [3.8, 4) is 0 Å². The second kappa shape index (κ2) is 10.5. The average molecular weight is 572 g/mol. The maximum atomic E-state index is 13.3. The Bertz CT molecular complexity index is 1440. The zero-order valence-electron chi connectivity index (χ0n) is 25.7. The molecule has 6 rings (SSSR count). The molecular weight excluding hydrogens is 526 g/mol. The van der Waals surface area contributed by atoms with Gasteiger partial charge in [-0.25, -0.2) is 4.90 Å². The molecule has 3 fully saturated rings. The number of imide groups is 1. The maximum absolute atomic E-state index is 13.3. The first kappa shape index (κ1) is 28.9. The average Bonchev–Trinajstić information content (AvgIpc) is 3.20. The van der Waals surface area contributed by atoms with Crippen LogP contribution in [0.3, 0.4) is 0 Å². The first-order chi connectivity index (χ1) is 19.9. The van der Waals surface area contributed by atoms with Crippen molar-refractivity contribution in [2.24, 2.45) is 29.1 Å². The zero-order valence-corrected chi connectivity index (χ0v) is 25.7. The number of amides is 2. The van der Waals surface area contributed by atoms with Crippen LogP contribution in [0.15, 0.2) is 36.4 Å². The van der Waals surface area contributed by atoms with Gasteiger partial charge in [-0.3, -0.25) is 19.7 Å². The number of nitro benzene ring substituents is 1. The summed E-state index contributed by atoms with van der Waals surface area (Å²) >= 11 is 0. The SMILES string of the molecule is CC1CCC2C(=O)N(c3ccc(NCC4(C)CCCC5(C)c6ccc(C(C)C)cc6CCC45)c([N+](=O)[O-])c3)C(=O)C2C1. The van der Waals surface area contributed by atoms with Crippen LogP contribution in [0.5, 0.6) is 0 Å². The van der Waals surface area contributed by atoms with E-state index >= 15 is 0 Å². The van der Waals surface area contributed by atoms with E-state index in [2.05, 4.69) is 58.1 Å². The number of rotatable bonds is 6. The van der Waals surface area contributed by atoms with Crippen molar-refractivity contribution in [2.75, 3.05) is 16.8 Å². The van der Waals surface area contributed by atoms with Crippen LogP contribution in [0.1, 0.15) is 102 Å². The fourth-order valence-electron chi connectivity index (χ4n) is 9.12. The van der Waals surface area contributed by atoms with Gasteiger partial charge in [-0.1, -0.05) is 59.2 Å². The van der Waals surface area contributed by atoms with Crippen molar-refractivity contribution in [1.29, 1.82) is 0 Å². The Kier molecular flexibility index (Phi) is 7.22. The molecule has 2 aromatic rings. The summed E-state index contributed by atoms with van der Waals surface area (Å²) in [7, 11) is 0. The van der Waals surface area contributed by atoms with E-state index in [1.807, 2.05) is 0 Å². The monoisotopic (exact) mass is 571 g/mol. The summed E-state index contributed by atoms with van der Waals surface area (Å²) in [6.07, 6.45) is 7.88. The minimum absolute atomic E-state index is 0.0266. The number of hydrogen-bond acceptors (Lipinski definition) is 5. The molecule has 0 aromatic heterocycles. The highest BCUT2D eigenvalue weighted by atomic mass is 16.6. The molecule has 7 heteroatoms. The number of carbonyl (C=O) groups excluding carboxylic acids is 2. The van der Waals surface area contributed by atoms with Gasteiger partial charge in [-0.15, -0.1) is 0 Å². The molecule has 42 heavy (non-hydrogen) atoms. The third kappa shape index (κ3) is 4.64. The van der Waals surface area contributed by atoms with Gasteiger partial charge >= 0.3 is 0 Å². The van der Waals surface area contributed by atoms with Gasteiger partial charge in [0.1, 0.15) is 5.69 Å². The molecule has 3 aliphatic carbocycles. The molecule has 2 amide bonds. The predicted molar refractivity (Wildman–Crippen MR) is 166 cm³/mol. The standard InChI is InChI=1S/C35H45N3O4/c1-21(2)23-8-12-28-24(18-23)9-14-31-34(4,15-6-16-35(28,31)5)20-36-29-13-10-25(19-30(29)38(41)42)37-32(39)26-11-7-22(3)17-27(26)33(37)40/h8,10,12-13,18-19,21-22,26-27,31,36H,6-7,9,11,14-17,20H2,1-5H3. The van der Waals surface area contributed by atoms with Crippen molar-refractivity contribution in [3.63, 3.8) is 0 Å². The Labute approximate surface area is 249 Å². The molecule has 2 aromatic carbocycles. The molecule has 224 valence electrons. The molecule has 0 radical (unpaired) electrons. The molecule has 1 N–H and O–H groups in total. The fourth-order valence-corrected chi connectivity index (χ4v) is 9.12. The van der Waals surface area contributed by atoms with Crippen molar-refractivity contribution >= 4 is 28.9 Å². The Hall–Kier alpha value is -3.22. The van der Waals surface area contributed by atoms with E-state index in [1.54, 1.807) is 12.1 Å². The van der Waals surface area contributed by atoms with Crippen LogP contribution >= 0.6 is 0 Å². The zero-order chi connectivity index (χ0) is 30.0. The quantitative estimate of drug-likeness (QED) is 0.217. The number of nitrogens with one attached hydrogen (secondary N) is 1. The highest BCUT2D eigenvalue weighted by Gasteiger charge is 2.52. The topological polar surface area (TPSA) is 92.6 Å². The highest BCUT2D eigenvalue weighted by molar-refractivity contribution is 6.22. The van der Waals surface area contributed by atoms with Gasteiger partial charge in [-0.2, -0.15) is 0 Å². The normalized spacial score (nSPS) is 32.4. The first-order valence-electron chi connectivity index (χ1n) is 16.0. The molecule has 1 saturated heterocycles. The number of nitro groups is 1. The summed E-state index contributed by atoms with van der Waals surface area (Å²) in [5, 5.41) is 15.7. The minimum atomic E-state index is -0.400. The lowest BCUT2D eigenvalue weighted by atomic mass is 9.49. The van der Waals surface area contributed by atoms with Crippen LogP contribution in [-0.4, -0.2) is 23.3 Å². The van der Waals surface area contributed by atoms with Crippen LogP contribution in [0.2, 0.25) is 0 Å². The van der Waals surface area contributed by atoms with E-state index in [1.165, 1.54) is 27.7 Å². The lowest BCUT2D eigenvalue weighted by molar-refractivity contribution is -0.383. The van der Waals surface area contributed by atoms with Crippen LogP contribution in [0.4, 0.5) is 17.1 Å². The molecule has 2 saturated carbocycles. The number of nitrogens with zero attached hydrogens (tertiary/aromatic N) is 2. The van der Waals surface area contributed by atoms with Gasteiger partial charge < -0.3 is 5.32 Å². The van der Waals surface area contributed by atoms with Gasteiger partial charge in [-0.05, 0) is 102 Å². The number of carbonyl (C=O) groups is 2. The summed E-state index contributed by atoms with van der Waals surface area (Å²) < 4.78 is 0. The van der Waals surface area contributed by atoms with E-state index in [9.17, 15) is 19.7 Å². The highest BCUT2D eigenvalue weighted by Crippen LogP contribution is 2.57. The van der Waals surface area contributed by atoms with E-state index in [-0.39, 0.29) is 40.2 Å². The van der Waals surface area contributed by atoms with Crippen molar-refractivity contribution in [2.45, 2.75) is 97.3 Å².